The number of carbonyl (C=O) groups is 1. The Bertz CT molecular complexity index is 374. The summed E-state index contributed by atoms with van der Waals surface area (Å²) in [5, 5.41) is 0. The highest BCUT2D eigenvalue weighted by Crippen LogP contribution is 2.04. The van der Waals surface area contributed by atoms with Gasteiger partial charge in [0.05, 0.1) is 0 Å². The van der Waals surface area contributed by atoms with Crippen LogP contribution in [0.3, 0.4) is 0 Å². The summed E-state index contributed by atoms with van der Waals surface area (Å²) in [6.07, 6.45) is 4.96. The number of hydrogen-bond donors (Lipinski definition) is 1. The van der Waals surface area contributed by atoms with Crippen molar-refractivity contribution in [2.24, 2.45) is 7.05 Å². The number of terminal acetylenes is 1. The van der Waals surface area contributed by atoms with Crippen molar-refractivity contribution in [3.05, 3.63) is 23.5 Å². The van der Waals surface area contributed by atoms with Crippen molar-refractivity contribution < 1.29 is 9.63 Å². The lowest BCUT2D eigenvalue weighted by atomic mass is 10.4. The van der Waals surface area contributed by atoms with Crippen molar-refractivity contribution in [1.29, 1.82) is 0 Å². The summed E-state index contributed by atoms with van der Waals surface area (Å²) >= 11 is 0. The smallest absolute Gasteiger partial charge is 0.291 e. The quantitative estimate of drug-likeness (QED) is 0.433. The van der Waals surface area contributed by atoms with E-state index < -0.39 is 0 Å². The fourth-order valence-electron chi connectivity index (χ4n) is 1.04. The van der Waals surface area contributed by atoms with Crippen molar-refractivity contribution >= 4 is 5.91 Å². The summed E-state index contributed by atoms with van der Waals surface area (Å²) in [5.74, 6) is 1.96. The Balaban J connectivity index is 2.62. The van der Waals surface area contributed by atoms with Gasteiger partial charge in [0.25, 0.3) is 5.91 Å². The number of aryl methyl sites for hydroxylation is 1. The van der Waals surface area contributed by atoms with E-state index in [-0.39, 0.29) is 12.5 Å². The molecule has 74 valence electrons. The molecule has 1 heterocycles. The van der Waals surface area contributed by atoms with E-state index in [1.807, 2.05) is 20.0 Å². The minimum atomic E-state index is -0.296. The third-order valence-corrected chi connectivity index (χ3v) is 1.93. The second-order valence-corrected chi connectivity index (χ2v) is 2.84. The zero-order valence-corrected chi connectivity index (χ0v) is 8.20. The van der Waals surface area contributed by atoms with Crippen LogP contribution in [0.4, 0.5) is 0 Å². The van der Waals surface area contributed by atoms with Crippen LogP contribution in [0.15, 0.2) is 12.1 Å². The van der Waals surface area contributed by atoms with Crippen LogP contribution in [0.5, 0.6) is 0 Å². The standard InChI is InChI=1S/C10H12N2O2/c1-4-7-14-11-10(13)9-6-5-8(2)12(9)3/h1,5-6H,7H2,2-3H3,(H,11,13). The molecule has 1 aromatic heterocycles. The van der Waals surface area contributed by atoms with Crippen LogP contribution in [-0.4, -0.2) is 17.1 Å². The summed E-state index contributed by atoms with van der Waals surface area (Å²) in [6.45, 7) is 1.98. The van der Waals surface area contributed by atoms with Crippen molar-refractivity contribution in [1.82, 2.24) is 10.0 Å². The molecule has 0 fully saturated rings. The number of nitrogens with one attached hydrogen (secondary N) is 1. The molecule has 0 bridgehead atoms. The van der Waals surface area contributed by atoms with Crippen LogP contribution in [0, 0.1) is 19.3 Å². The van der Waals surface area contributed by atoms with Gasteiger partial charge in [0.2, 0.25) is 0 Å². The lowest BCUT2D eigenvalue weighted by Crippen LogP contribution is -2.25. The topological polar surface area (TPSA) is 43.3 Å². The summed E-state index contributed by atoms with van der Waals surface area (Å²) in [7, 11) is 1.81. The molecular formula is C10H12N2O2. The average Bonchev–Trinajstić information content (AvgIpc) is 2.48. The molecular weight excluding hydrogens is 180 g/mol. The van der Waals surface area contributed by atoms with Crippen LogP contribution >= 0.6 is 0 Å². The summed E-state index contributed by atoms with van der Waals surface area (Å²) in [4.78, 5) is 16.1. The number of rotatable bonds is 3. The Morgan fingerprint density at radius 3 is 2.93 bits per heavy atom. The molecule has 0 saturated carbocycles. The Morgan fingerprint density at radius 2 is 2.43 bits per heavy atom. The number of hydrogen-bond acceptors (Lipinski definition) is 2. The van der Waals surface area contributed by atoms with E-state index in [1.54, 1.807) is 10.6 Å². The zero-order chi connectivity index (χ0) is 10.6. The lowest BCUT2D eigenvalue weighted by Gasteiger charge is -2.05. The first kappa shape index (κ1) is 10.4. The van der Waals surface area contributed by atoms with Gasteiger partial charge < -0.3 is 4.57 Å². The van der Waals surface area contributed by atoms with Gasteiger partial charge in [-0.05, 0) is 19.1 Å². The monoisotopic (exact) mass is 192 g/mol. The van der Waals surface area contributed by atoms with Gasteiger partial charge >= 0.3 is 0 Å². The molecule has 0 aliphatic carbocycles. The highest BCUT2D eigenvalue weighted by molar-refractivity contribution is 5.92. The van der Waals surface area contributed by atoms with Gasteiger partial charge in [-0.3, -0.25) is 9.63 Å². The summed E-state index contributed by atoms with van der Waals surface area (Å²) in [5.41, 5.74) is 3.80. The molecule has 0 aliphatic heterocycles. The Kier molecular flexibility index (Phi) is 3.32. The number of amides is 1. The average molecular weight is 192 g/mol. The van der Waals surface area contributed by atoms with E-state index in [1.165, 1.54) is 0 Å². The first-order valence-electron chi connectivity index (χ1n) is 4.14. The SMILES string of the molecule is C#CCONC(=O)c1ccc(C)n1C. The van der Waals surface area contributed by atoms with Crippen molar-refractivity contribution in [3.8, 4) is 12.3 Å². The van der Waals surface area contributed by atoms with Crippen LogP contribution in [0.2, 0.25) is 0 Å². The lowest BCUT2D eigenvalue weighted by molar-refractivity contribution is 0.0430. The second kappa shape index (κ2) is 4.49. The minimum Gasteiger partial charge on any atom is -0.344 e. The van der Waals surface area contributed by atoms with Crippen LogP contribution in [0.1, 0.15) is 16.2 Å². The predicted molar refractivity (Wildman–Crippen MR) is 52.4 cm³/mol. The summed E-state index contributed by atoms with van der Waals surface area (Å²) < 4.78 is 1.77. The molecule has 0 saturated heterocycles. The van der Waals surface area contributed by atoms with Crippen LogP contribution < -0.4 is 5.48 Å². The molecule has 4 heteroatoms. The number of carbonyl (C=O) groups excluding carboxylic acids is 1. The molecule has 0 spiro atoms. The molecule has 1 N–H and O–H groups in total. The molecule has 4 nitrogen and oxygen atoms in total. The molecule has 0 atom stereocenters. The largest absolute Gasteiger partial charge is 0.344 e. The predicted octanol–water partition coefficient (Wildman–Crippen LogP) is 0.628. The van der Waals surface area contributed by atoms with Gasteiger partial charge in [-0.2, -0.15) is 0 Å². The third-order valence-electron chi connectivity index (χ3n) is 1.93. The minimum absolute atomic E-state index is 0.0646. The van der Waals surface area contributed by atoms with E-state index in [9.17, 15) is 4.79 Å². The normalized spacial score (nSPS) is 9.50. The maximum atomic E-state index is 11.4. The van der Waals surface area contributed by atoms with Crippen LogP contribution in [-0.2, 0) is 11.9 Å². The molecule has 1 amide bonds. The van der Waals surface area contributed by atoms with Gasteiger partial charge in [-0.1, -0.05) is 5.92 Å². The van der Waals surface area contributed by atoms with Crippen molar-refractivity contribution in [3.63, 3.8) is 0 Å². The number of nitrogens with zero attached hydrogens (tertiary/aromatic N) is 1. The fourth-order valence-corrected chi connectivity index (χ4v) is 1.04. The zero-order valence-electron chi connectivity index (χ0n) is 8.20. The van der Waals surface area contributed by atoms with Crippen molar-refractivity contribution in [2.45, 2.75) is 6.92 Å². The van der Waals surface area contributed by atoms with Crippen LogP contribution in [0.25, 0.3) is 0 Å². The number of aromatic nitrogens is 1. The van der Waals surface area contributed by atoms with E-state index in [2.05, 4.69) is 11.4 Å². The number of hydroxylamine groups is 1. The maximum absolute atomic E-state index is 11.4. The second-order valence-electron chi connectivity index (χ2n) is 2.84. The molecule has 14 heavy (non-hydrogen) atoms. The van der Waals surface area contributed by atoms with Gasteiger partial charge in [0, 0.05) is 12.7 Å². The molecule has 1 aromatic rings. The van der Waals surface area contributed by atoms with Crippen molar-refractivity contribution in [2.75, 3.05) is 6.61 Å². The Morgan fingerprint density at radius 1 is 1.71 bits per heavy atom. The van der Waals surface area contributed by atoms with Gasteiger partial charge in [-0.25, -0.2) is 5.48 Å². The summed E-state index contributed by atoms with van der Waals surface area (Å²) in [6, 6.07) is 3.58. The molecule has 0 unspecified atom stereocenters. The molecule has 0 aromatic carbocycles. The van der Waals surface area contributed by atoms with Gasteiger partial charge in [-0.15, -0.1) is 6.42 Å². The highest BCUT2D eigenvalue weighted by Gasteiger charge is 2.09. The maximum Gasteiger partial charge on any atom is 0.291 e. The van der Waals surface area contributed by atoms with Gasteiger partial charge in [0.15, 0.2) is 0 Å². The molecule has 0 radical (unpaired) electrons. The van der Waals surface area contributed by atoms with E-state index in [4.69, 9.17) is 11.3 Å². The molecule has 1 rings (SSSR count). The third kappa shape index (κ3) is 2.15. The van der Waals surface area contributed by atoms with Gasteiger partial charge in [0.1, 0.15) is 12.3 Å². The van der Waals surface area contributed by atoms with E-state index >= 15 is 0 Å². The molecule has 0 aliphatic rings. The van der Waals surface area contributed by atoms with E-state index in [0.29, 0.717) is 5.69 Å². The first-order valence-corrected chi connectivity index (χ1v) is 4.14. The highest BCUT2D eigenvalue weighted by atomic mass is 16.6. The Hall–Kier alpha value is -1.73. The first-order chi connectivity index (χ1) is 6.66. The van der Waals surface area contributed by atoms with E-state index in [0.717, 1.165) is 5.69 Å². The fraction of sp³-hybridized carbons (Fsp3) is 0.300. The Labute approximate surface area is 82.8 Å².